The number of halogens is 2. The standard InChI is InChI=1S/C21H29BrN2OSi.C15H15BrN2O/c1-14-10-20-17(12-19(14)23-5)18(22)13-24(20)15-8-9-16(11-15)25-26(6,7)21(2,3)4;1-9-5-15-12(7-14(9)17-2)13(16)8-18(15)10-3-4-11(19)6-10/h10,12-13,15-16H,8-9,11H2,1-4,6-7H3;5,7-8,10-11,19H,3-4,6H2,1H3/t15-,16+;10-,11+/m11/s1. The van der Waals surface area contributed by atoms with Gasteiger partial charge in [-0.15, -0.1) is 0 Å². The lowest BCUT2D eigenvalue weighted by molar-refractivity contribution is 0.178. The molecule has 2 aromatic carbocycles. The van der Waals surface area contributed by atoms with Crippen LogP contribution in [0.15, 0.2) is 45.6 Å². The van der Waals surface area contributed by atoms with Gasteiger partial charge in [-0.05, 0) is 138 Å². The highest BCUT2D eigenvalue weighted by Gasteiger charge is 2.41. The summed E-state index contributed by atoms with van der Waals surface area (Å²) in [6.07, 6.45) is 10.5. The van der Waals surface area contributed by atoms with Gasteiger partial charge in [-0.2, -0.15) is 0 Å². The molecule has 2 saturated carbocycles. The summed E-state index contributed by atoms with van der Waals surface area (Å²) < 4.78 is 13.4. The topological polar surface area (TPSA) is 48.0 Å². The number of fused-ring (bicyclic) bond motifs is 2. The van der Waals surface area contributed by atoms with E-state index in [1.807, 2.05) is 26.0 Å². The zero-order valence-electron chi connectivity index (χ0n) is 27.4. The van der Waals surface area contributed by atoms with E-state index < -0.39 is 8.32 Å². The molecule has 4 aromatic rings. The third-order valence-electron chi connectivity index (χ3n) is 10.2. The largest absolute Gasteiger partial charge is 0.414 e. The first-order valence-corrected chi connectivity index (χ1v) is 20.3. The Morgan fingerprint density at radius 2 is 1.27 bits per heavy atom. The second-order valence-electron chi connectivity index (χ2n) is 14.4. The van der Waals surface area contributed by atoms with Crippen molar-refractivity contribution in [2.45, 2.75) is 116 Å². The van der Waals surface area contributed by atoms with Crippen LogP contribution in [0.25, 0.3) is 31.5 Å². The molecular weight excluding hydrogens is 708 g/mol. The molecule has 0 saturated heterocycles. The molecule has 0 spiro atoms. The zero-order valence-corrected chi connectivity index (χ0v) is 31.6. The SMILES string of the molecule is [C-]#[N+]c1cc2c(Br)cn([C@@H]3CC[C@H](O)C3)c2cc1C.[C-]#[N+]c1cc2c(Br)cn([C@@H]3CC[C@H](O[Si](C)(C)C(C)(C)C)C3)c2cc1C. The van der Waals surface area contributed by atoms with Crippen molar-refractivity contribution >= 4 is 73.4 Å². The fourth-order valence-corrected chi connectivity index (χ4v) is 9.07. The number of aromatic nitrogens is 2. The van der Waals surface area contributed by atoms with Crippen LogP contribution in [0, 0.1) is 27.0 Å². The number of aryl methyl sites for hydroxylation is 2. The predicted molar refractivity (Wildman–Crippen MR) is 195 cm³/mol. The fourth-order valence-electron chi connectivity index (χ4n) is 6.60. The van der Waals surface area contributed by atoms with E-state index >= 15 is 0 Å². The van der Waals surface area contributed by atoms with E-state index in [2.05, 4.69) is 109 Å². The van der Waals surface area contributed by atoms with Crippen LogP contribution in [0.1, 0.15) is 82.5 Å². The Balaban J connectivity index is 0.000000186. The van der Waals surface area contributed by atoms with Crippen LogP contribution < -0.4 is 0 Å². The van der Waals surface area contributed by atoms with E-state index in [0.29, 0.717) is 23.9 Å². The van der Waals surface area contributed by atoms with Gasteiger partial charge in [0.05, 0.1) is 19.2 Å². The molecule has 0 amide bonds. The van der Waals surface area contributed by atoms with Gasteiger partial charge in [0.2, 0.25) is 0 Å². The van der Waals surface area contributed by atoms with Crippen LogP contribution in [-0.2, 0) is 4.43 Å². The van der Waals surface area contributed by atoms with Crippen molar-refractivity contribution in [3.05, 3.63) is 79.6 Å². The third kappa shape index (κ3) is 6.85. The average Bonchev–Trinajstić information content (AvgIpc) is 3.74. The summed E-state index contributed by atoms with van der Waals surface area (Å²) in [6.45, 7) is 30.2. The van der Waals surface area contributed by atoms with Crippen molar-refractivity contribution in [1.29, 1.82) is 0 Å². The molecule has 4 atom stereocenters. The van der Waals surface area contributed by atoms with Gasteiger partial charge in [0.15, 0.2) is 19.7 Å². The van der Waals surface area contributed by atoms with E-state index in [1.54, 1.807) is 0 Å². The molecule has 2 aliphatic rings. The minimum Gasteiger partial charge on any atom is -0.414 e. The number of hydrogen-bond acceptors (Lipinski definition) is 2. The van der Waals surface area contributed by atoms with Gasteiger partial charge in [0.1, 0.15) is 0 Å². The lowest BCUT2D eigenvalue weighted by Gasteiger charge is -2.38. The van der Waals surface area contributed by atoms with Crippen LogP contribution in [0.3, 0.4) is 0 Å². The van der Waals surface area contributed by atoms with Gasteiger partial charge in [0, 0.05) is 61.3 Å². The number of aliphatic hydroxyl groups is 1. The van der Waals surface area contributed by atoms with Gasteiger partial charge >= 0.3 is 0 Å². The summed E-state index contributed by atoms with van der Waals surface area (Å²) in [7, 11) is -1.72. The molecule has 2 aromatic heterocycles. The molecular formula is C36H44Br2N4O2Si. The molecule has 45 heavy (non-hydrogen) atoms. The van der Waals surface area contributed by atoms with Crippen LogP contribution in [-0.4, -0.2) is 34.8 Å². The lowest BCUT2D eigenvalue weighted by Crippen LogP contribution is -2.43. The van der Waals surface area contributed by atoms with Gasteiger partial charge in [-0.25, -0.2) is 9.69 Å². The maximum Gasteiger partial charge on any atom is 0.192 e. The first kappa shape index (κ1) is 33.9. The molecule has 0 bridgehead atoms. The Labute approximate surface area is 285 Å². The Morgan fingerprint density at radius 3 is 1.69 bits per heavy atom. The number of aliphatic hydroxyl groups excluding tert-OH is 1. The summed E-state index contributed by atoms with van der Waals surface area (Å²) in [5.74, 6) is 0. The highest BCUT2D eigenvalue weighted by molar-refractivity contribution is 9.11. The Bertz CT molecular complexity index is 1820. The molecule has 2 fully saturated rings. The van der Waals surface area contributed by atoms with Crippen LogP contribution in [0.5, 0.6) is 0 Å². The third-order valence-corrected chi connectivity index (χ3v) is 16.0. The predicted octanol–water partition coefficient (Wildman–Crippen LogP) is 11.7. The molecule has 0 unspecified atom stereocenters. The number of nitrogens with zero attached hydrogens (tertiary/aromatic N) is 4. The maximum atomic E-state index is 9.71. The fraction of sp³-hybridized carbons (Fsp3) is 0.500. The Hall–Kier alpha value is -2.40. The van der Waals surface area contributed by atoms with Crippen molar-refractivity contribution in [3.8, 4) is 0 Å². The molecule has 6 nitrogen and oxygen atoms in total. The minimum atomic E-state index is -1.72. The molecule has 0 radical (unpaired) electrons. The quantitative estimate of drug-likeness (QED) is 0.167. The maximum absolute atomic E-state index is 9.71. The second-order valence-corrected chi connectivity index (χ2v) is 20.9. The van der Waals surface area contributed by atoms with Crippen LogP contribution >= 0.6 is 31.9 Å². The highest BCUT2D eigenvalue weighted by atomic mass is 79.9. The Morgan fingerprint density at radius 1 is 0.800 bits per heavy atom. The summed E-state index contributed by atoms with van der Waals surface area (Å²) in [6, 6.07) is 9.03. The summed E-state index contributed by atoms with van der Waals surface area (Å²) >= 11 is 7.28. The van der Waals surface area contributed by atoms with Crippen molar-refractivity contribution < 1.29 is 9.53 Å². The van der Waals surface area contributed by atoms with E-state index in [4.69, 9.17) is 17.6 Å². The van der Waals surface area contributed by atoms with E-state index in [1.165, 1.54) is 5.52 Å². The Kier molecular flexibility index (Phi) is 9.81. The molecule has 2 heterocycles. The first-order chi connectivity index (χ1) is 21.1. The van der Waals surface area contributed by atoms with Gasteiger partial charge < -0.3 is 18.7 Å². The smallest absolute Gasteiger partial charge is 0.192 e. The molecule has 9 heteroatoms. The lowest BCUT2D eigenvalue weighted by atomic mass is 10.1. The summed E-state index contributed by atoms with van der Waals surface area (Å²) in [4.78, 5) is 7.21. The van der Waals surface area contributed by atoms with Gasteiger partial charge in [-0.1, -0.05) is 20.8 Å². The molecule has 1 N–H and O–H groups in total. The number of rotatable bonds is 4. The monoisotopic (exact) mass is 750 g/mol. The molecule has 2 aliphatic carbocycles. The number of hydrogen-bond donors (Lipinski definition) is 1. The van der Waals surface area contributed by atoms with Crippen molar-refractivity contribution in [2.75, 3.05) is 0 Å². The van der Waals surface area contributed by atoms with E-state index in [-0.39, 0.29) is 11.1 Å². The molecule has 238 valence electrons. The van der Waals surface area contributed by atoms with Crippen molar-refractivity contribution in [2.24, 2.45) is 0 Å². The van der Waals surface area contributed by atoms with E-state index in [9.17, 15) is 5.11 Å². The van der Waals surface area contributed by atoms with Crippen LogP contribution in [0.4, 0.5) is 11.4 Å². The van der Waals surface area contributed by atoms with Gasteiger partial charge in [0.25, 0.3) is 0 Å². The summed E-state index contributed by atoms with van der Waals surface area (Å²) in [5, 5.41) is 12.2. The average molecular weight is 753 g/mol. The molecule has 6 rings (SSSR count). The normalized spacial score (nSPS) is 22.0. The van der Waals surface area contributed by atoms with Crippen molar-refractivity contribution in [1.82, 2.24) is 9.13 Å². The van der Waals surface area contributed by atoms with Crippen LogP contribution in [0.2, 0.25) is 18.1 Å². The van der Waals surface area contributed by atoms with E-state index in [0.717, 1.165) is 80.6 Å². The first-order valence-electron chi connectivity index (χ1n) is 15.9. The van der Waals surface area contributed by atoms with Crippen molar-refractivity contribution in [3.63, 3.8) is 0 Å². The molecule has 0 aliphatic heterocycles. The zero-order chi connectivity index (χ0) is 32.8. The summed E-state index contributed by atoms with van der Waals surface area (Å²) in [5.41, 5.74) is 5.87. The number of benzene rings is 2. The second kappa shape index (κ2) is 13.0. The highest BCUT2D eigenvalue weighted by Crippen LogP contribution is 2.44. The minimum absolute atomic E-state index is 0.176. The van der Waals surface area contributed by atoms with Gasteiger partial charge in [-0.3, -0.25) is 0 Å².